The molecule has 0 atom stereocenters. The quantitative estimate of drug-likeness (QED) is 0.705. The zero-order valence-corrected chi connectivity index (χ0v) is 18.2. The Morgan fingerprint density at radius 2 is 1.72 bits per heavy atom. The van der Waals surface area contributed by atoms with Crippen LogP contribution >= 0.6 is 11.6 Å². The third-order valence-corrected chi connectivity index (χ3v) is 6.23. The molecule has 2 aliphatic heterocycles. The molecule has 4 rings (SSSR count). The number of anilines is 1. The van der Waals surface area contributed by atoms with Crippen LogP contribution in [-0.4, -0.2) is 99.1 Å². The Bertz CT molecular complexity index is 858. The molecule has 2 aromatic rings. The Morgan fingerprint density at radius 1 is 1.03 bits per heavy atom. The van der Waals surface area contributed by atoms with Gasteiger partial charge < -0.3 is 19.3 Å². The highest BCUT2D eigenvalue weighted by Crippen LogP contribution is 2.27. The lowest BCUT2D eigenvalue weighted by atomic mass is 10.0. The van der Waals surface area contributed by atoms with Crippen molar-refractivity contribution < 1.29 is 9.84 Å². The molecular weight excluding hydrogens is 394 g/mol. The van der Waals surface area contributed by atoms with Gasteiger partial charge in [-0.05, 0) is 25.4 Å². The number of aromatic nitrogens is 4. The summed E-state index contributed by atoms with van der Waals surface area (Å²) in [4.78, 5) is 20.7. The van der Waals surface area contributed by atoms with Crippen molar-refractivity contribution in [2.24, 2.45) is 7.05 Å². The van der Waals surface area contributed by atoms with Gasteiger partial charge in [-0.2, -0.15) is 9.97 Å². The van der Waals surface area contributed by atoms with E-state index in [9.17, 15) is 5.11 Å². The Kier molecular flexibility index (Phi) is 5.94. The minimum atomic E-state index is -0.177. The summed E-state index contributed by atoms with van der Waals surface area (Å²) in [6.45, 7) is 11.7. The van der Waals surface area contributed by atoms with Gasteiger partial charge in [0.1, 0.15) is 5.82 Å². The van der Waals surface area contributed by atoms with Crippen molar-refractivity contribution in [3.8, 4) is 0 Å². The largest absolute Gasteiger partial charge is 0.394 e. The number of fused-ring (bicyclic) bond motifs is 1. The molecule has 2 aromatic heterocycles. The molecule has 0 saturated carbocycles. The minimum Gasteiger partial charge on any atom is -0.394 e. The summed E-state index contributed by atoms with van der Waals surface area (Å²) in [6.07, 6.45) is 0. The lowest BCUT2D eigenvalue weighted by molar-refractivity contribution is 0.0141. The number of rotatable bonds is 5. The molecule has 9 nitrogen and oxygen atoms in total. The van der Waals surface area contributed by atoms with Crippen molar-refractivity contribution in [2.75, 3.05) is 64.0 Å². The third-order valence-electron chi connectivity index (χ3n) is 6.06. The first-order chi connectivity index (χ1) is 13.9. The maximum absolute atomic E-state index is 9.62. The van der Waals surface area contributed by atoms with Gasteiger partial charge >= 0.3 is 0 Å². The van der Waals surface area contributed by atoms with Crippen LogP contribution in [0.25, 0.3) is 11.2 Å². The summed E-state index contributed by atoms with van der Waals surface area (Å²) in [5, 5.41) is 9.86. The molecule has 0 aromatic carbocycles. The number of imidazole rings is 1. The number of aliphatic hydroxyl groups is 1. The number of piperazine rings is 1. The Balaban J connectivity index is 1.54. The predicted molar refractivity (Wildman–Crippen MR) is 112 cm³/mol. The van der Waals surface area contributed by atoms with Gasteiger partial charge in [-0.15, -0.1) is 0 Å². The molecule has 0 unspecified atom stereocenters. The number of hydrogen-bond donors (Lipinski definition) is 1. The van der Waals surface area contributed by atoms with Crippen LogP contribution in [0.4, 0.5) is 5.82 Å². The van der Waals surface area contributed by atoms with E-state index in [4.69, 9.17) is 21.3 Å². The van der Waals surface area contributed by atoms with Crippen LogP contribution in [0.2, 0.25) is 5.28 Å². The lowest BCUT2D eigenvalue weighted by Gasteiger charge is -2.43. The summed E-state index contributed by atoms with van der Waals surface area (Å²) in [5.74, 6) is 1.75. The zero-order valence-electron chi connectivity index (χ0n) is 17.4. The van der Waals surface area contributed by atoms with Crippen molar-refractivity contribution in [1.82, 2.24) is 29.3 Å². The number of nitrogens with zero attached hydrogens (tertiary/aromatic N) is 7. The molecular formula is C19H30ClN7O2. The maximum Gasteiger partial charge on any atom is 0.226 e. The fourth-order valence-corrected chi connectivity index (χ4v) is 4.17. The summed E-state index contributed by atoms with van der Waals surface area (Å²) in [5.41, 5.74) is 1.39. The monoisotopic (exact) mass is 423 g/mol. The lowest BCUT2D eigenvalue weighted by Crippen LogP contribution is -2.55. The highest BCUT2D eigenvalue weighted by atomic mass is 35.5. The number of aliphatic hydroxyl groups excluding tert-OH is 1. The smallest absolute Gasteiger partial charge is 0.226 e. The van der Waals surface area contributed by atoms with Gasteiger partial charge in [0.05, 0.1) is 26.4 Å². The van der Waals surface area contributed by atoms with E-state index in [0.717, 1.165) is 68.6 Å². The molecule has 0 amide bonds. The number of aryl methyl sites for hydroxylation is 1. The van der Waals surface area contributed by atoms with Crippen molar-refractivity contribution >= 4 is 28.6 Å². The summed E-state index contributed by atoms with van der Waals surface area (Å²) in [6, 6.07) is 0. The molecule has 2 saturated heterocycles. The molecule has 1 N–H and O–H groups in total. The Labute approximate surface area is 176 Å². The molecule has 2 aliphatic rings. The van der Waals surface area contributed by atoms with E-state index in [1.165, 1.54) is 0 Å². The summed E-state index contributed by atoms with van der Waals surface area (Å²) >= 11 is 6.23. The topological polar surface area (TPSA) is 82.8 Å². The molecule has 160 valence electrons. The van der Waals surface area contributed by atoms with Gasteiger partial charge in [-0.1, -0.05) is 0 Å². The van der Waals surface area contributed by atoms with Gasteiger partial charge in [0.25, 0.3) is 0 Å². The highest BCUT2D eigenvalue weighted by molar-refractivity contribution is 6.28. The van der Waals surface area contributed by atoms with Gasteiger partial charge in [0.15, 0.2) is 17.0 Å². The maximum atomic E-state index is 9.62. The van der Waals surface area contributed by atoms with E-state index in [1.54, 1.807) is 0 Å². The summed E-state index contributed by atoms with van der Waals surface area (Å²) < 4.78 is 7.49. The van der Waals surface area contributed by atoms with Gasteiger partial charge in [0, 0.05) is 51.9 Å². The highest BCUT2D eigenvalue weighted by Gasteiger charge is 2.30. The number of ether oxygens (including phenoxy) is 1. The van der Waals surface area contributed by atoms with Crippen LogP contribution in [0, 0.1) is 0 Å². The molecule has 29 heavy (non-hydrogen) atoms. The van der Waals surface area contributed by atoms with Gasteiger partial charge in [0.2, 0.25) is 5.28 Å². The predicted octanol–water partition coefficient (Wildman–Crippen LogP) is 0.742. The number of halogens is 1. The number of hydrogen-bond acceptors (Lipinski definition) is 8. The standard InChI is InChI=1S/C19H30ClN7O2/c1-19(2,13-28)27-6-4-25(5-7-27)12-14-21-15-16(24(14)3)22-18(20)23-17(15)26-8-10-29-11-9-26/h28H,4-13H2,1-3H3. The molecule has 0 bridgehead atoms. The fourth-order valence-electron chi connectivity index (χ4n) is 4.01. The first-order valence-electron chi connectivity index (χ1n) is 10.2. The molecule has 0 aliphatic carbocycles. The first-order valence-corrected chi connectivity index (χ1v) is 10.6. The second-order valence-electron chi connectivity index (χ2n) is 8.41. The third kappa shape index (κ3) is 4.20. The Morgan fingerprint density at radius 3 is 2.38 bits per heavy atom. The normalized spacial score (nSPS) is 20.0. The van der Waals surface area contributed by atoms with Crippen molar-refractivity contribution in [2.45, 2.75) is 25.9 Å². The second-order valence-corrected chi connectivity index (χ2v) is 8.75. The summed E-state index contributed by atoms with van der Waals surface area (Å²) in [7, 11) is 1.99. The Hall–Kier alpha value is -1.52. The van der Waals surface area contributed by atoms with Crippen LogP contribution < -0.4 is 4.90 Å². The van der Waals surface area contributed by atoms with Crippen LogP contribution in [0.15, 0.2) is 0 Å². The van der Waals surface area contributed by atoms with Crippen molar-refractivity contribution in [3.05, 3.63) is 11.1 Å². The van der Waals surface area contributed by atoms with E-state index in [1.807, 2.05) is 11.6 Å². The van der Waals surface area contributed by atoms with Gasteiger partial charge in [-0.3, -0.25) is 9.80 Å². The van der Waals surface area contributed by atoms with E-state index < -0.39 is 0 Å². The second kappa shape index (κ2) is 8.31. The molecule has 0 radical (unpaired) electrons. The van der Waals surface area contributed by atoms with Gasteiger partial charge in [-0.25, -0.2) is 4.98 Å². The van der Waals surface area contributed by atoms with Crippen LogP contribution in [0.1, 0.15) is 19.7 Å². The molecule has 0 spiro atoms. The SMILES string of the molecule is Cn1c(CN2CCN(C(C)(C)CO)CC2)nc2c(N3CCOCC3)nc(Cl)nc21. The number of morpholine rings is 1. The average Bonchev–Trinajstić information content (AvgIpc) is 3.04. The van der Waals surface area contributed by atoms with E-state index in [-0.39, 0.29) is 17.4 Å². The molecule has 2 fully saturated rings. The van der Waals surface area contributed by atoms with E-state index in [2.05, 4.69) is 38.5 Å². The van der Waals surface area contributed by atoms with Crippen molar-refractivity contribution in [3.63, 3.8) is 0 Å². The first kappa shape index (κ1) is 20.7. The minimum absolute atomic E-state index is 0.168. The van der Waals surface area contributed by atoms with E-state index >= 15 is 0 Å². The van der Waals surface area contributed by atoms with Crippen LogP contribution in [0.3, 0.4) is 0 Å². The van der Waals surface area contributed by atoms with Crippen molar-refractivity contribution in [1.29, 1.82) is 0 Å². The van der Waals surface area contributed by atoms with Crippen LogP contribution in [-0.2, 0) is 18.3 Å². The molecule has 4 heterocycles. The zero-order chi connectivity index (χ0) is 20.6. The fraction of sp³-hybridized carbons (Fsp3) is 0.737. The average molecular weight is 424 g/mol. The molecule has 10 heteroatoms. The van der Waals surface area contributed by atoms with Crippen LogP contribution in [0.5, 0.6) is 0 Å². The van der Waals surface area contributed by atoms with E-state index in [0.29, 0.717) is 13.2 Å².